The number of benzene rings is 1. The Labute approximate surface area is 97.0 Å². The number of allylic oxidation sites excluding steroid dienone is 6. The molecule has 2 aliphatic carbocycles. The van der Waals surface area contributed by atoms with Crippen molar-refractivity contribution < 1.29 is 0 Å². The minimum atomic E-state index is 0.546. The van der Waals surface area contributed by atoms with E-state index in [2.05, 4.69) is 62.4 Å². The van der Waals surface area contributed by atoms with Crippen LogP contribution < -0.4 is 0 Å². The molecule has 0 saturated carbocycles. The minimum absolute atomic E-state index is 0.546. The van der Waals surface area contributed by atoms with Gasteiger partial charge in [0, 0.05) is 11.8 Å². The van der Waals surface area contributed by atoms with Crippen LogP contribution in [0.1, 0.15) is 30.9 Å². The van der Waals surface area contributed by atoms with Crippen LogP contribution in [0.3, 0.4) is 0 Å². The summed E-state index contributed by atoms with van der Waals surface area (Å²) >= 11 is 0. The van der Waals surface area contributed by atoms with Crippen LogP contribution in [0, 0.1) is 5.92 Å². The second kappa shape index (κ2) is 3.48. The van der Waals surface area contributed by atoms with Gasteiger partial charge in [0.15, 0.2) is 0 Å². The number of fused-ring (bicyclic) bond motifs is 3. The first-order chi connectivity index (χ1) is 7.79. The van der Waals surface area contributed by atoms with Gasteiger partial charge in [0.05, 0.1) is 0 Å². The van der Waals surface area contributed by atoms with Gasteiger partial charge in [-0.1, -0.05) is 54.1 Å². The van der Waals surface area contributed by atoms with E-state index in [1.807, 2.05) is 0 Å². The Morgan fingerprint density at radius 2 is 1.56 bits per heavy atom. The van der Waals surface area contributed by atoms with Crippen LogP contribution in [0.5, 0.6) is 0 Å². The Balaban J connectivity index is 2.26. The fourth-order valence-corrected chi connectivity index (χ4v) is 2.91. The molecule has 80 valence electrons. The maximum atomic E-state index is 2.33. The lowest BCUT2D eigenvalue weighted by molar-refractivity contribution is 0.650. The van der Waals surface area contributed by atoms with Gasteiger partial charge in [0.2, 0.25) is 0 Å². The molecular formula is C16H16. The van der Waals surface area contributed by atoms with Crippen molar-refractivity contribution in [1.82, 2.24) is 0 Å². The predicted octanol–water partition coefficient (Wildman–Crippen LogP) is 4.32. The molecule has 0 fully saturated rings. The van der Waals surface area contributed by atoms with Gasteiger partial charge in [0.25, 0.3) is 0 Å². The van der Waals surface area contributed by atoms with Gasteiger partial charge in [-0.25, -0.2) is 0 Å². The largest absolute Gasteiger partial charge is 0.0764 e. The van der Waals surface area contributed by atoms with E-state index in [0.717, 1.165) is 0 Å². The van der Waals surface area contributed by atoms with Gasteiger partial charge in [-0.05, 0) is 30.5 Å². The Kier molecular flexibility index (Phi) is 2.10. The average molecular weight is 208 g/mol. The van der Waals surface area contributed by atoms with Crippen LogP contribution in [0.4, 0.5) is 0 Å². The molecule has 0 saturated heterocycles. The molecule has 0 radical (unpaired) electrons. The number of rotatable bonds is 0. The number of hydrogen-bond donors (Lipinski definition) is 0. The fourth-order valence-electron chi connectivity index (χ4n) is 2.91. The second-order valence-electron chi connectivity index (χ2n) is 4.72. The minimum Gasteiger partial charge on any atom is -0.0764 e. The average Bonchev–Trinajstić information content (AvgIpc) is 2.36. The summed E-state index contributed by atoms with van der Waals surface area (Å²) in [6, 6.07) is 8.80. The van der Waals surface area contributed by atoms with Crippen molar-refractivity contribution in [3.8, 4) is 0 Å². The van der Waals surface area contributed by atoms with Crippen molar-refractivity contribution >= 4 is 5.57 Å². The highest BCUT2D eigenvalue weighted by molar-refractivity contribution is 5.74. The van der Waals surface area contributed by atoms with Gasteiger partial charge in [-0.15, -0.1) is 0 Å². The molecule has 0 aromatic heterocycles. The van der Waals surface area contributed by atoms with E-state index >= 15 is 0 Å². The van der Waals surface area contributed by atoms with Crippen LogP contribution in [0.25, 0.3) is 5.57 Å². The zero-order chi connectivity index (χ0) is 11.1. The van der Waals surface area contributed by atoms with Gasteiger partial charge in [0.1, 0.15) is 0 Å². The van der Waals surface area contributed by atoms with Gasteiger partial charge in [-0.3, -0.25) is 0 Å². The molecule has 0 N–H and O–H groups in total. The first-order valence-corrected chi connectivity index (χ1v) is 5.90. The monoisotopic (exact) mass is 208 g/mol. The van der Waals surface area contributed by atoms with Crippen LogP contribution in [0.15, 0.2) is 54.1 Å². The lowest BCUT2D eigenvalue weighted by Crippen LogP contribution is -2.18. The molecule has 2 aliphatic rings. The Morgan fingerprint density at radius 3 is 2.38 bits per heavy atom. The third-order valence-electron chi connectivity index (χ3n) is 3.95. The van der Waals surface area contributed by atoms with E-state index in [1.54, 1.807) is 0 Å². The van der Waals surface area contributed by atoms with E-state index in [4.69, 9.17) is 0 Å². The Hall–Kier alpha value is -1.56. The molecule has 0 heteroatoms. The van der Waals surface area contributed by atoms with Crippen LogP contribution in [-0.4, -0.2) is 0 Å². The molecule has 0 heterocycles. The van der Waals surface area contributed by atoms with Gasteiger partial charge in [-0.2, -0.15) is 0 Å². The molecule has 1 aromatic rings. The van der Waals surface area contributed by atoms with E-state index in [0.29, 0.717) is 11.8 Å². The van der Waals surface area contributed by atoms with Crippen LogP contribution in [-0.2, 0) is 0 Å². The highest BCUT2D eigenvalue weighted by Crippen LogP contribution is 2.44. The SMILES string of the molecule is CC1=C(C)C2C=CC=CC2c2ccccc21. The molecule has 16 heavy (non-hydrogen) atoms. The fraction of sp³-hybridized carbons (Fsp3) is 0.250. The smallest absolute Gasteiger partial charge is 0.0128 e. The third kappa shape index (κ3) is 1.23. The molecule has 0 amide bonds. The molecule has 3 rings (SSSR count). The molecule has 2 unspecified atom stereocenters. The lowest BCUT2D eigenvalue weighted by Gasteiger charge is -2.33. The molecule has 0 nitrogen and oxygen atoms in total. The maximum absolute atomic E-state index is 2.33. The Bertz CT molecular complexity index is 515. The summed E-state index contributed by atoms with van der Waals surface area (Å²) in [7, 11) is 0. The van der Waals surface area contributed by atoms with Crippen molar-refractivity contribution in [1.29, 1.82) is 0 Å². The first-order valence-electron chi connectivity index (χ1n) is 5.90. The molecule has 1 aromatic carbocycles. The topological polar surface area (TPSA) is 0 Å². The normalized spacial score (nSPS) is 26.6. The highest BCUT2D eigenvalue weighted by atomic mass is 14.3. The van der Waals surface area contributed by atoms with E-state index < -0.39 is 0 Å². The van der Waals surface area contributed by atoms with E-state index in [1.165, 1.54) is 22.3 Å². The van der Waals surface area contributed by atoms with Gasteiger partial charge >= 0.3 is 0 Å². The zero-order valence-electron chi connectivity index (χ0n) is 9.77. The first kappa shape index (κ1) is 9.65. The summed E-state index contributed by atoms with van der Waals surface area (Å²) < 4.78 is 0. The molecule has 2 atom stereocenters. The quantitative estimate of drug-likeness (QED) is 0.595. The lowest BCUT2D eigenvalue weighted by atomic mass is 9.71. The third-order valence-corrected chi connectivity index (χ3v) is 3.95. The van der Waals surface area contributed by atoms with E-state index in [9.17, 15) is 0 Å². The summed E-state index contributed by atoms with van der Waals surface area (Å²) in [5, 5.41) is 0. The van der Waals surface area contributed by atoms with Crippen molar-refractivity contribution in [2.24, 2.45) is 5.92 Å². The van der Waals surface area contributed by atoms with E-state index in [-0.39, 0.29) is 0 Å². The highest BCUT2D eigenvalue weighted by Gasteiger charge is 2.29. The molecule has 0 bridgehead atoms. The molecular weight excluding hydrogens is 192 g/mol. The summed E-state index contributed by atoms with van der Waals surface area (Å²) in [6.07, 6.45) is 9.01. The summed E-state index contributed by atoms with van der Waals surface area (Å²) in [4.78, 5) is 0. The van der Waals surface area contributed by atoms with Gasteiger partial charge < -0.3 is 0 Å². The van der Waals surface area contributed by atoms with Crippen LogP contribution in [0.2, 0.25) is 0 Å². The summed E-state index contributed by atoms with van der Waals surface area (Å²) in [6.45, 7) is 4.52. The second-order valence-corrected chi connectivity index (χ2v) is 4.72. The van der Waals surface area contributed by atoms with Crippen molar-refractivity contribution in [3.63, 3.8) is 0 Å². The number of hydrogen-bond acceptors (Lipinski definition) is 0. The predicted molar refractivity (Wildman–Crippen MR) is 69.2 cm³/mol. The molecule has 0 spiro atoms. The van der Waals surface area contributed by atoms with Crippen molar-refractivity contribution in [2.45, 2.75) is 19.8 Å². The standard InChI is InChI=1S/C16H16/c1-11-12(2)14-8-4-6-10-16(14)15-9-5-3-7-13(11)15/h3-10,13,15H,1-2H3. The van der Waals surface area contributed by atoms with Crippen molar-refractivity contribution in [3.05, 3.63) is 65.3 Å². The van der Waals surface area contributed by atoms with Crippen molar-refractivity contribution in [2.75, 3.05) is 0 Å². The Morgan fingerprint density at radius 1 is 0.875 bits per heavy atom. The van der Waals surface area contributed by atoms with Crippen LogP contribution >= 0.6 is 0 Å². The zero-order valence-corrected chi connectivity index (χ0v) is 9.77. The maximum Gasteiger partial charge on any atom is 0.0128 e. The summed E-state index contributed by atoms with van der Waals surface area (Å²) in [5.74, 6) is 1.12. The summed E-state index contributed by atoms with van der Waals surface area (Å²) in [5.41, 5.74) is 5.89. The molecule has 0 aliphatic heterocycles.